The molecule has 0 spiro atoms. The van der Waals surface area contributed by atoms with Crippen molar-refractivity contribution in [1.82, 2.24) is 15.5 Å². The molecule has 0 aliphatic heterocycles. The average molecular weight is 393 g/mol. The number of hydrogen-bond acceptors (Lipinski definition) is 6. The number of methoxy groups -OCH3 is 1. The van der Waals surface area contributed by atoms with Crippen LogP contribution in [0, 0.1) is 0 Å². The van der Waals surface area contributed by atoms with Crippen molar-refractivity contribution in [3.8, 4) is 22.9 Å². The normalized spacial score (nSPS) is 12.9. The van der Waals surface area contributed by atoms with Gasteiger partial charge in [-0.3, -0.25) is 4.79 Å². The van der Waals surface area contributed by atoms with Crippen molar-refractivity contribution in [2.45, 2.75) is 32.2 Å². The van der Waals surface area contributed by atoms with Gasteiger partial charge in [0.05, 0.1) is 13.7 Å². The molecule has 0 saturated carbocycles. The van der Waals surface area contributed by atoms with Crippen molar-refractivity contribution in [3.63, 3.8) is 0 Å². The Hall–Kier alpha value is -3.35. The predicted octanol–water partition coefficient (Wildman–Crippen LogP) is 3.32. The number of benzene rings is 2. The van der Waals surface area contributed by atoms with E-state index in [0.717, 1.165) is 30.6 Å². The monoisotopic (exact) mass is 393 g/mol. The lowest BCUT2D eigenvalue weighted by atomic mass is 9.91. The number of ether oxygens (including phenoxy) is 2. The van der Waals surface area contributed by atoms with Crippen LogP contribution in [0.1, 0.15) is 29.9 Å². The number of carbonyl (C=O) groups excluding carboxylic acids is 1. The first-order valence-corrected chi connectivity index (χ1v) is 9.70. The van der Waals surface area contributed by atoms with Gasteiger partial charge in [-0.1, -0.05) is 29.4 Å². The van der Waals surface area contributed by atoms with Gasteiger partial charge in [-0.15, -0.1) is 0 Å². The minimum absolute atomic E-state index is 0.0483. The molecule has 1 aromatic heterocycles. The number of aromatic nitrogens is 2. The highest BCUT2D eigenvalue weighted by Crippen LogP contribution is 2.29. The van der Waals surface area contributed by atoms with E-state index in [0.29, 0.717) is 17.5 Å². The second-order valence-corrected chi connectivity index (χ2v) is 6.91. The molecule has 0 saturated heterocycles. The third-order valence-electron chi connectivity index (χ3n) is 4.94. The molecule has 0 fully saturated rings. The van der Waals surface area contributed by atoms with E-state index in [1.807, 2.05) is 36.4 Å². The third kappa shape index (κ3) is 4.56. The largest absolute Gasteiger partial charge is 0.497 e. The number of amides is 1. The zero-order valence-electron chi connectivity index (χ0n) is 16.3. The zero-order valence-corrected chi connectivity index (χ0v) is 16.3. The van der Waals surface area contributed by atoms with Gasteiger partial charge < -0.3 is 19.3 Å². The Morgan fingerprint density at radius 2 is 2.03 bits per heavy atom. The summed E-state index contributed by atoms with van der Waals surface area (Å²) in [5, 5.41) is 6.71. The Morgan fingerprint density at radius 3 is 2.93 bits per heavy atom. The van der Waals surface area contributed by atoms with Crippen LogP contribution in [0.5, 0.6) is 11.5 Å². The fraction of sp³-hybridized carbons (Fsp3) is 0.318. The molecular weight excluding hydrogens is 370 g/mol. The number of hydrogen-bond donors (Lipinski definition) is 1. The predicted molar refractivity (Wildman–Crippen MR) is 107 cm³/mol. The van der Waals surface area contributed by atoms with Gasteiger partial charge in [0.25, 0.3) is 5.91 Å². The van der Waals surface area contributed by atoms with Crippen LogP contribution in [0.3, 0.4) is 0 Å². The molecule has 4 rings (SSSR count). The molecule has 29 heavy (non-hydrogen) atoms. The molecular formula is C22H23N3O4. The summed E-state index contributed by atoms with van der Waals surface area (Å²) in [4.78, 5) is 16.5. The van der Waals surface area contributed by atoms with E-state index in [4.69, 9.17) is 14.0 Å². The number of nitrogens with one attached hydrogen (secondary N) is 1. The summed E-state index contributed by atoms with van der Waals surface area (Å²) in [6.07, 6.45) is 4.44. The molecule has 0 bridgehead atoms. The highest BCUT2D eigenvalue weighted by molar-refractivity contribution is 5.77. The summed E-state index contributed by atoms with van der Waals surface area (Å²) in [6.45, 7) is 0.0966. The molecule has 1 aliphatic carbocycles. The molecule has 150 valence electrons. The molecule has 0 atom stereocenters. The van der Waals surface area contributed by atoms with Crippen LogP contribution in [-0.4, -0.2) is 29.8 Å². The molecule has 0 unspecified atom stereocenters. The number of carbonyl (C=O) groups is 1. The van der Waals surface area contributed by atoms with Crippen molar-refractivity contribution in [1.29, 1.82) is 0 Å². The first-order valence-electron chi connectivity index (χ1n) is 9.70. The second-order valence-electron chi connectivity index (χ2n) is 6.91. The fourth-order valence-electron chi connectivity index (χ4n) is 3.46. The maximum absolute atomic E-state index is 12.2. The molecule has 1 N–H and O–H groups in total. The minimum Gasteiger partial charge on any atom is -0.497 e. The molecule has 7 heteroatoms. The zero-order chi connectivity index (χ0) is 20.1. The maximum atomic E-state index is 12.2. The van der Waals surface area contributed by atoms with Crippen molar-refractivity contribution >= 4 is 5.91 Å². The SMILES string of the molecule is COc1cccc(-c2noc(CNC(=O)COc3cccc4c3CCCC4)n2)c1. The lowest BCUT2D eigenvalue weighted by Gasteiger charge is -2.19. The van der Waals surface area contributed by atoms with E-state index in [1.54, 1.807) is 7.11 Å². The van der Waals surface area contributed by atoms with Gasteiger partial charge in [-0.2, -0.15) is 4.98 Å². The van der Waals surface area contributed by atoms with Crippen molar-refractivity contribution < 1.29 is 18.8 Å². The quantitative estimate of drug-likeness (QED) is 0.663. The Labute approximate surface area is 169 Å². The Morgan fingerprint density at radius 1 is 1.17 bits per heavy atom. The summed E-state index contributed by atoms with van der Waals surface area (Å²) in [5.74, 6) is 2.05. The fourth-order valence-corrected chi connectivity index (χ4v) is 3.46. The van der Waals surface area contributed by atoms with Gasteiger partial charge in [0, 0.05) is 5.56 Å². The summed E-state index contributed by atoms with van der Waals surface area (Å²) >= 11 is 0. The smallest absolute Gasteiger partial charge is 0.258 e. The maximum Gasteiger partial charge on any atom is 0.258 e. The summed E-state index contributed by atoms with van der Waals surface area (Å²) in [6, 6.07) is 13.4. The Balaban J connectivity index is 1.31. The summed E-state index contributed by atoms with van der Waals surface area (Å²) in [5.41, 5.74) is 3.33. The Kier molecular flexibility index (Phi) is 5.74. The summed E-state index contributed by atoms with van der Waals surface area (Å²) in [7, 11) is 1.60. The molecule has 0 radical (unpaired) electrons. The lowest BCUT2D eigenvalue weighted by molar-refractivity contribution is -0.123. The molecule has 2 aromatic carbocycles. The van der Waals surface area contributed by atoms with E-state index < -0.39 is 0 Å². The summed E-state index contributed by atoms with van der Waals surface area (Å²) < 4.78 is 16.2. The van der Waals surface area contributed by atoms with E-state index in [9.17, 15) is 4.79 Å². The van der Waals surface area contributed by atoms with E-state index >= 15 is 0 Å². The Bertz CT molecular complexity index is 999. The van der Waals surface area contributed by atoms with Gasteiger partial charge in [0.1, 0.15) is 11.5 Å². The molecule has 1 aliphatic rings. The van der Waals surface area contributed by atoms with Crippen LogP contribution < -0.4 is 14.8 Å². The number of nitrogens with zero attached hydrogens (tertiary/aromatic N) is 2. The van der Waals surface area contributed by atoms with Crippen molar-refractivity contribution in [3.05, 3.63) is 59.5 Å². The van der Waals surface area contributed by atoms with Crippen LogP contribution in [0.4, 0.5) is 0 Å². The first kappa shape index (κ1) is 19.0. The minimum atomic E-state index is -0.237. The van der Waals surface area contributed by atoms with Crippen LogP contribution in [-0.2, 0) is 24.2 Å². The molecule has 1 amide bonds. The number of fused-ring (bicyclic) bond motifs is 1. The van der Waals surface area contributed by atoms with Crippen molar-refractivity contribution in [2.24, 2.45) is 0 Å². The van der Waals surface area contributed by atoms with Gasteiger partial charge in [0.2, 0.25) is 11.7 Å². The van der Waals surface area contributed by atoms with Crippen LogP contribution in [0.2, 0.25) is 0 Å². The third-order valence-corrected chi connectivity index (χ3v) is 4.94. The topological polar surface area (TPSA) is 86.5 Å². The second kappa shape index (κ2) is 8.77. The van der Waals surface area contributed by atoms with Gasteiger partial charge in [-0.25, -0.2) is 0 Å². The van der Waals surface area contributed by atoms with Crippen LogP contribution >= 0.6 is 0 Å². The highest BCUT2D eigenvalue weighted by atomic mass is 16.5. The van der Waals surface area contributed by atoms with Crippen LogP contribution in [0.15, 0.2) is 47.0 Å². The van der Waals surface area contributed by atoms with E-state index in [1.165, 1.54) is 17.5 Å². The van der Waals surface area contributed by atoms with Gasteiger partial charge in [-0.05, 0) is 55.0 Å². The standard InChI is InChI=1S/C22H23N3O4/c1-27-17-9-4-8-16(12-17)22-24-21(29-25-22)13-23-20(26)14-28-19-11-5-7-15-6-2-3-10-18(15)19/h4-5,7-9,11-12H,2-3,6,10,13-14H2,1H3,(H,23,26). The number of rotatable bonds is 7. The van der Waals surface area contributed by atoms with E-state index in [2.05, 4.69) is 21.5 Å². The molecule has 1 heterocycles. The van der Waals surface area contributed by atoms with Crippen molar-refractivity contribution in [2.75, 3.05) is 13.7 Å². The number of aryl methyl sites for hydroxylation is 1. The average Bonchev–Trinajstić information content (AvgIpc) is 3.25. The lowest BCUT2D eigenvalue weighted by Crippen LogP contribution is -2.28. The highest BCUT2D eigenvalue weighted by Gasteiger charge is 2.15. The molecule has 3 aromatic rings. The van der Waals surface area contributed by atoms with Gasteiger partial charge >= 0.3 is 0 Å². The van der Waals surface area contributed by atoms with Gasteiger partial charge in [0.15, 0.2) is 6.61 Å². The first-order chi connectivity index (χ1) is 14.2. The van der Waals surface area contributed by atoms with Crippen LogP contribution in [0.25, 0.3) is 11.4 Å². The van der Waals surface area contributed by atoms with E-state index in [-0.39, 0.29) is 19.1 Å². The molecule has 7 nitrogen and oxygen atoms in total.